The normalized spacial score (nSPS) is 19.7. The van der Waals surface area contributed by atoms with Crippen LogP contribution in [-0.2, 0) is 0 Å². The highest BCUT2D eigenvalue weighted by Gasteiger charge is 2.46. The van der Waals surface area contributed by atoms with E-state index in [9.17, 15) is 0 Å². The van der Waals surface area contributed by atoms with E-state index in [1.807, 2.05) is 7.05 Å². The van der Waals surface area contributed by atoms with Crippen molar-refractivity contribution in [2.24, 2.45) is 5.41 Å². The van der Waals surface area contributed by atoms with E-state index >= 15 is 0 Å². The zero-order chi connectivity index (χ0) is 10.9. The van der Waals surface area contributed by atoms with E-state index in [1.54, 1.807) is 19.5 Å². The largest absolute Gasteiger partial charge is 0.480 e. The summed E-state index contributed by atoms with van der Waals surface area (Å²) in [6, 6.07) is 0.237. The maximum absolute atomic E-state index is 5.24. The minimum Gasteiger partial charge on any atom is -0.480 e. The van der Waals surface area contributed by atoms with Gasteiger partial charge in [0.15, 0.2) is 0 Å². The average Bonchev–Trinajstić information content (AvgIpc) is 2.99. The Kier molecular flexibility index (Phi) is 2.61. The Balaban J connectivity index is 2.33. The van der Waals surface area contributed by atoms with Crippen molar-refractivity contribution in [3.05, 3.63) is 18.1 Å². The lowest BCUT2D eigenvalue weighted by molar-refractivity contribution is 0.340. The minimum atomic E-state index is 0.237. The van der Waals surface area contributed by atoms with Crippen molar-refractivity contribution < 1.29 is 4.74 Å². The van der Waals surface area contributed by atoms with Crippen LogP contribution in [0, 0.1) is 5.41 Å². The third-order valence-electron chi connectivity index (χ3n) is 3.18. The van der Waals surface area contributed by atoms with Gasteiger partial charge in [0.25, 0.3) is 0 Å². The van der Waals surface area contributed by atoms with Crippen LogP contribution < -0.4 is 10.1 Å². The van der Waals surface area contributed by atoms with Gasteiger partial charge in [-0.25, -0.2) is 4.98 Å². The van der Waals surface area contributed by atoms with Crippen LogP contribution in [0.15, 0.2) is 12.4 Å². The molecule has 1 aromatic heterocycles. The molecule has 1 unspecified atom stereocenters. The Bertz CT molecular complexity index is 349. The molecule has 15 heavy (non-hydrogen) atoms. The monoisotopic (exact) mass is 207 g/mol. The number of aromatic nitrogens is 2. The second-order valence-corrected chi connectivity index (χ2v) is 4.33. The van der Waals surface area contributed by atoms with Gasteiger partial charge in [-0.05, 0) is 25.3 Å². The first-order chi connectivity index (χ1) is 7.21. The summed E-state index contributed by atoms with van der Waals surface area (Å²) in [5, 5.41) is 3.31. The second kappa shape index (κ2) is 3.77. The van der Waals surface area contributed by atoms with Gasteiger partial charge in [-0.3, -0.25) is 4.98 Å². The smallest absolute Gasteiger partial charge is 0.237 e. The van der Waals surface area contributed by atoms with E-state index in [4.69, 9.17) is 4.74 Å². The highest BCUT2D eigenvalue weighted by Crippen LogP contribution is 2.54. The number of rotatable bonds is 4. The van der Waals surface area contributed by atoms with Crippen LogP contribution in [0.25, 0.3) is 0 Å². The Morgan fingerprint density at radius 2 is 2.07 bits per heavy atom. The van der Waals surface area contributed by atoms with Crippen molar-refractivity contribution >= 4 is 0 Å². The first-order valence-corrected chi connectivity index (χ1v) is 5.23. The Morgan fingerprint density at radius 3 is 2.60 bits per heavy atom. The average molecular weight is 207 g/mol. The van der Waals surface area contributed by atoms with E-state index in [0.29, 0.717) is 11.3 Å². The summed E-state index contributed by atoms with van der Waals surface area (Å²) in [5.74, 6) is 0.630. The van der Waals surface area contributed by atoms with Gasteiger partial charge < -0.3 is 10.1 Å². The SMILES string of the molecule is CNC(c1nccnc1OC)C1(C)CC1. The fraction of sp³-hybridized carbons (Fsp3) is 0.636. The van der Waals surface area contributed by atoms with Crippen molar-refractivity contribution in [2.75, 3.05) is 14.2 Å². The molecule has 4 nitrogen and oxygen atoms in total. The van der Waals surface area contributed by atoms with Gasteiger partial charge in [0.05, 0.1) is 13.2 Å². The molecule has 1 aromatic rings. The quantitative estimate of drug-likeness (QED) is 0.813. The van der Waals surface area contributed by atoms with Gasteiger partial charge in [-0.15, -0.1) is 0 Å². The summed E-state index contributed by atoms with van der Waals surface area (Å²) in [4.78, 5) is 8.56. The lowest BCUT2D eigenvalue weighted by Crippen LogP contribution is -2.26. The second-order valence-electron chi connectivity index (χ2n) is 4.33. The first-order valence-electron chi connectivity index (χ1n) is 5.23. The molecule has 2 rings (SSSR count). The molecule has 0 spiro atoms. The van der Waals surface area contributed by atoms with Crippen molar-refractivity contribution in [1.29, 1.82) is 0 Å². The molecule has 0 aromatic carbocycles. The van der Waals surface area contributed by atoms with Crippen LogP contribution >= 0.6 is 0 Å². The van der Waals surface area contributed by atoms with Crippen LogP contribution in [0.1, 0.15) is 31.5 Å². The topological polar surface area (TPSA) is 47.0 Å². The van der Waals surface area contributed by atoms with Gasteiger partial charge in [0.1, 0.15) is 5.69 Å². The molecule has 1 heterocycles. The van der Waals surface area contributed by atoms with Crippen molar-refractivity contribution in [1.82, 2.24) is 15.3 Å². The van der Waals surface area contributed by atoms with Crippen LogP contribution in [0.3, 0.4) is 0 Å². The zero-order valence-corrected chi connectivity index (χ0v) is 9.45. The predicted octanol–water partition coefficient (Wildman–Crippen LogP) is 1.55. The van der Waals surface area contributed by atoms with E-state index in [2.05, 4.69) is 22.2 Å². The number of hydrogen-bond donors (Lipinski definition) is 1. The van der Waals surface area contributed by atoms with E-state index in [-0.39, 0.29) is 6.04 Å². The zero-order valence-electron chi connectivity index (χ0n) is 9.45. The van der Waals surface area contributed by atoms with Crippen molar-refractivity contribution in [3.8, 4) is 5.88 Å². The molecular weight excluding hydrogens is 190 g/mol. The van der Waals surface area contributed by atoms with Crippen LogP contribution in [-0.4, -0.2) is 24.1 Å². The van der Waals surface area contributed by atoms with Crippen molar-refractivity contribution in [2.45, 2.75) is 25.8 Å². The van der Waals surface area contributed by atoms with Gasteiger partial charge in [-0.2, -0.15) is 0 Å². The van der Waals surface area contributed by atoms with Gasteiger partial charge >= 0.3 is 0 Å². The Morgan fingerprint density at radius 1 is 1.40 bits per heavy atom. The molecule has 0 radical (unpaired) electrons. The number of methoxy groups -OCH3 is 1. The summed E-state index contributed by atoms with van der Waals surface area (Å²) < 4.78 is 5.24. The predicted molar refractivity (Wildman–Crippen MR) is 57.7 cm³/mol. The molecule has 1 fully saturated rings. The van der Waals surface area contributed by atoms with Crippen LogP contribution in [0.2, 0.25) is 0 Å². The molecule has 4 heteroatoms. The maximum Gasteiger partial charge on any atom is 0.237 e. The fourth-order valence-electron chi connectivity index (χ4n) is 1.99. The molecule has 1 saturated carbocycles. The number of nitrogens with one attached hydrogen (secondary N) is 1. The van der Waals surface area contributed by atoms with Gasteiger partial charge in [-0.1, -0.05) is 6.92 Å². The summed E-state index contributed by atoms with van der Waals surface area (Å²) in [6.07, 6.45) is 5.84. The molecule has 0 aliphatic heterocycles. The molecule has 1 atom stereocenters. The van der Waals surface area contributed by atoms with E-state index in [1.165, 1.54) is 12.8 Å². The molecule has 1 N–H and O–H groups in total. The summed E-state index contributed by atoms with van der Waals surface area (Å²) in [7, 11) is 3.60. The standard InChI is InChI=1S/C11H17N3O/c1-11(4-5-11)9(12-2)8-10(15-3)14-7-6-13-8/h6-7,9,12H,4-5H2,1-3H3. The molecule has 82 valence electrons. The third kappa shape index (κ3) is 1.81. The molecular formula is C11H17N3O. The van der Waals surface area contributed by atoms with Crippen LogP contribution in [0.5, 0.6) is 5.88 Å². The Hall–Kier alpha value is -1.16. The highest BCUT2D eigenvalue weighted by molar-refractivity contribution is 5.25. The molecule has 1 aliphatic rings. The lowest BCUT2D eigenvalue weighted by Gasteiger charge is -2.23. The molecule has 0 bridgehead atoms. The maximum atomic E-state index is 5.24. The number of nitrogens with zero attached hydrogens (tertiary/aromatic N) is 2. The lowest BCUT2D eigenvalue weighted by atomic mass is 9.96. The van der Waals surface area contributed by atoms with Crippen molar-refractivity contribution in [3.63, 3.8) is 0 Å². The minimum absolute atomic E-state index is 0.237. The summed E-state index contributed by atoms with van der Waals surface area (Å²) in [5.41, 5.74) is 1.24. The first kappa shape index (κ1) is 10.4. The van der Waals surface area contributed by atoms with Crippen LogP contribution in [0.4, 0.5) is 0 Å². The Labute approximate surface area is 90.1 Å². The van der Waals surface area contributed by atoms with E-state index < -0.39 is 0 Å². The van der Waals surface area contributed by atoms with Gasteiger partial charge in [0.2, 0.25) is 5.88 Å². The fourth-order valence-corrected chi connectivity index (χ4v) is 1.99. The number of hydrogen-bond acceptors (Lipinski definition) is 4. The summed E-state index contributed by atoms with van der Waals surface area (Å²) >= 11 is 0. The molecule has 1 aliphatic carbocycles. The molecule has 0 amide bonds. The highest BCUT2D eigenvalue weighted by atomic mass is 16.5. The van der Waals surface area contributed by atoms with E-state index in [0.717, 1.165) is 5.69 Å². The van der Waals surface area contributed by atoms with Gasteiger partial charge in [0, 0.05) is 12.4 Å². The summed E-state index contributed by atoms with van der Waals surface area (Å²) in [6.45, 7) is 2.27. The molecule has 0 saturated heterocycles. The third-order valence-corrected chi connectivity index (χ3v) is 3.18. The number of ether oxygens (including phenoxy) is 1.